The van der Waals surface area contributed by atoms with Crippen molar-refractivity contribution in [1.82, 2.24) is 9.97 Å². The Labute approximate surface area is 159 Å². The van der Waals surface area contributed by atoms with E-state index >= 15 is 0 Å². The van der Waals surface area contributed by atoms with E-state index in [1.807, 2.05) is 47.8 Å². The van der Waals surface area contributed by atoms with Crippen molar-refractivity contribution in [1.29, 1.82) is 0 Å². The van der Waals surface area contributed by atoms with Gasteiger partial charge in [-0.2, -0.15) is 0 Å². The highest BCUT2D eigenvalue weighted by atomic mass is 35.5. The molecule has 0 spiro atoms. The minimum absolute atomic E-state index is 0. The first-order valence-electron chi connectivity index (χ1n) is 7.30. The Balaban J connectivity index is 0.00000182. The number of thiophene rings is 1. The Morgan fingerprint density at radius 2 is 1.96 bits per heavy atom. The van der Waals surface area contributed by atoms with E-state index in [1.165, 1.54) is 11.3 Å². The average molecular weight is 390 g/mol. The predicted molar refractivity (Wildman–Crippen MR) is 106 cm³/mol. The van der Waals surface area contributed by atoms with Crippen LogP contribution in [0.25, 0.3) is 22.4 Å². The Morgan fingerprint density at radius 3 is 2.72 bits per heavy atom. The van der Waals surface area contributed by atoms with Crippen molar-refractivity contribution in [2.45, 2.75) is 0 Å². The number of benzene rings is 2. The summed E-state index contributed by atoms with van der Waals surface area (Å²) in [5.74, 6) is 0.563. The molecular formula is C18H13Cl2N3OS. The van der Waals surface area contributed by atoms with Crippen LogP contribution in [0.4, 0.5) is 5.69 Å². The minimum Gasteiger partial charge on any atom is -0.338 e. The van der Waals surface area contributed by atoms with Crippen LogP contribution in [-0.2, 0) is 0 Å². The van der Waals surface area contributed by atoms with E-state index in [4.69, 9.17) is 11.6 Å². The normalized spacial score (nSPS) is 10.4. The second kappa shape index (κ2) is 7.27. The van der Waals surface area contributed by atoms with Crippen LogP contribution in [0.1, 0.15) is 9.67 Å². The summed E-state index contributed by atoms with van der Waals surface area (Å²) in [6.45, 7) is 0. The number of fused-ring (bicyclic) bond motifs is 1. The van der Waals surface area contributed by atoms with Crippen LogP contribution in [0.2, 0.25) is 5.02 Å². The number of rotatable bonds is 3. The van der Waals surface area contributed by atoms with Crippen LogP contribution in [0.5, 0.6) is 0 Å². The molecule has 2 aromatic heterocycles. The smallest absolute Gasteiger partial charge is 0.265 e. The molecule has 0 aliphatic carbocycles. The number of para-hydroxylation sites is 2. The standard InChI is InChI=1S/C18H12ClN3OS.ClH/c19-12-8-7-11(17-20-13-4-1-2-5-14(13)21-17)10-15(12)22-18(23)16-6-3-9-24-16;/h1-10H,(H,20,21)(H,22,23);1H. The lowest BCUT2D eigenvalue weighted by Gasteiger charge is -2.08. The van der Waals surface area contributed by atoms with E-state index in [-0.39, 0.29) is 18.3 Å². The fourth-order valence-electron chi connectivity index (χ4n) is 2.45. The van der Waals surface area contributed by atoms with Crippen LogP contribution in [0.3, 0.4) is 0 Å². The quantitative estimate of drug-likeness (QED) is 0.477. The molecule has 2 heterocycles. The van der Waals surface area contributed by atoms with Gasteiger partial charge in [-0.3, -0.25) is 4.79 Å². The first-order valence-corrected chi connectivity index (χ1v) is 8.56. The van der Waals surface area contributed by atoms with Gasteiger partial charge in [0.1, 0.15) is 5.82 Å². The number of nitrogens with one attached hydrogen (secondary N) is 2. The molecule has 0 fully saturated rings. The molecule has 0 atom stereocenters. The topological polar surface area (TPSA) is 57.8 Å². The molecule has 0 aliphatic rings. The molecule has 0 saturated carbocycles. The summed E-state index contributed by atoms with van der Waals surface area (Å²) < 4.78 is 0. The van der Waals surface area contributed by atoms with Crippen LogP contribution in [-0.4, -0.2) is 15.9 Å². The fraction of sp³-hybridized carbons (Fsp3) is 0. The highest BCUT2D eigenvalue weighted by Gasteiger charge is 2.12. The van der Waals surface area contributed by atoms with Gasteiger partial charge in [-0.25, -0.2) is 4.98 Å². The van der Waals surface area contributed by atoms with Gasteiger partial charge >= 0.3 is 0 Å². The molecular weight excluding hydrogens is 377 g/mol. The molecule has 0 bridgehead atoms. The van der Waals surface area contributed by atoms with Crippen molar-refractivity contribution in [2.24, 2.45) is 0 Å². The number of imidazole rings is 1. The number of hydrogen-bond acceptors (Lipinski definition) is 3. The number of nitrogens with zero attached hydrogens (tertiary/aromatic N) is 1. The monoisotopic (exact) mass is 389 g/mol. The van der Waals surface area contributed by atoms with Crippen molar-refractivity contribution in [3.05, 3.63) is 69.9 Å². The van der Waals surface area contributed by atoms with E-state index in [2.05, 4.69) is 15.3 Å². The van der Waals surface area contributed by atoms with Crippen molar-refractivity contribution < 1.29 is 4.79 Å². The largest absolute Gasteiger partial charge is 0.338 e. The molecule has 25 heavy (non-hydrogen) atoms. The lowest BCUT2D eigenvalue weighted by atomic mass is 10.2. The van der Waals surface area contributed by atoms with Gasteiger partial charge in [0.05, 0.1) is 26.6 Å². The third-order valence-electron chi connectivity index (χ3n) is 3.62. The van der Waals surface area contributed by atoms with Gasteiger partial charge in [0.15, 0.2) is 0 Å². The number of carbonyl (C=O) groups excluding carboxylic acids is 1. The van der Waals surface area contributed by atoms with Crippen molar-refractivity contribution >= 4 is 58.0 Å². The Kier molecular flexibility index (Phi) is 5.08. The maximum absolute atomic E-state index is 12.2. The van der Waals surface area contributed by atoms with E-state index in [0.717, 1.165) is 22.4 Å². The third kappa shape index (κ3) is 3.54. The maximum Gasteiger partial charge on any atom is 0.265 e. The minimum atomic E-state index is -0.173. The fourth-order valence-corrected chi connectivity index (χ4v) is 3.23. The second-order valence-electron chi connectivity index (χ2n) is 5.23. The van der Waals surface area contributed by atoms with Crippen LogP contribution < -0.4 is 5.32 Å². The van der Waals surface area contributed by atoms with Gasteiger partial charge in [-0.15, -0.1) is 23.7 Å². The summed E-state index contributed by atoms with van der Waals surface area (Å²) in [6.07, 6.45) is 0. The van der Waals surface area contributed by atoms with Crippen molar-refractivity contribution in [3.8, 4) is 11.4 Å². The molecule has 7 heteroatoms. The average Bonchev–Trinajstić information content (AvgIpc) is 3.26. The molecule has 2 N–H and O–H groups in total. The summed E-state index contributed by atoms with van der Waals surface area (Å²) in [5, 5.41) is 5.20. The zero-order valence-corrected chi connectivity index (χ0v) is 15.2. The van der Waals surface area contributed by atoms with Gasteiger partial charge in [-0.05, 0) is 41.8 Å². The Hall–Kier alpha value is -2.34. The second-order valence-corrected chi connectivity index (χ2v) is 6.58. The van der Waals surface area contributed by atoms with Gasteiger partial charge in [0.25, 0.3) is 5.91 Å². The SMILES string of the molecule is Cl.O=C(Nc1cc(-c2nc3ccccc3[nH]2)ccc1Cl)c1cccs1. The zero-order chi connectivity index (χ0) is 16.5. The lowest BCUT2D eigenvalue weighted by molar-refractivity contribution is 0.103. The summed E-state index contributed by atoms with van der Waals surface area (Å²) in [7, 11) is 0. The lowest BCUT2D eigenvalue weighted by Crippen LogP contribution is -2.10. The van der Waals surface area contributed by atoms with E-state index < -0.39 is 0 Å². The number of hydrogen-bond donors (Lipinski definition) is 2. The first kappa shape index (κ1) is 17.5. The number of carbonyl (C=O) groups is 1. The Morgan fingerprint density at radius 1 is 1.12 bits per heavy atom. The van der Waals surface area contributed by atoms with E-state index in [1.54, 1.807) is 12.1 Å². The van der Waals surface area contributed by atoms with E-state index in [9.17, 15) is 4.79 Å². The number of aromatic nitrogens is 2. The van der Waals surface area contributed by atoms with Gasteiger partial charge < -0.3 is 10.3 Å². The number of amides is 1. The van der Waals surface area contributed by atoms with Crippen LogP contribution in [0, 0.1) is 0 Å². The molecule has 4 nitrogen and oxygen atoms in total. The summed E-state index contributed by atoms with van der Waals surface area (Å²) in [5.41, 5.74) is 3.28. The predicted octanol–water partition coefficient (Wildman–Crippen LogP) is 5.62. The number of anilines is 1. The number of aromatic amines is 1. The highest BCUT2D eigenvalue weighted by Crippen LogP contribution is 2.29. The molecule has 0 unspecified atom stereocenters. The van der Waals surface area contributed by atoms with E-state index in [0.29, 0.717) is 15.6 Å². The Bertz CT molecular complexity index is 995. The summed E-state index contributed by atoms with van der Waals surface area (Å²) >= 11 is 7.61. The molecule has 4 rings (SSSR count). The first-order chi connectivity index (χ1) is 11.7. The van der Waals surface area contributed by atoms with Gasteiger partial charge in [0.2, 0.25) is 0 Å². The van der Waals surface area contributed by atoms with Crippen molar-refractivity contribution in [2.75, 3.05) is 5.32 Å². The molecule has 0 aliphatic heterocycles. The molecule has 1 amide bonds. The van der Waals surface area contributed by atoms with Crippen LogP contribution in [0.15, 0.2) is 60.0 Å². The summed E-state index contributed by atoms with van der Waals surface area (Å²) in [4.78, 5) is 20.7. The third-order valence-corrected chi connectivity index (χ3v) is 4.82. The summed E-state index contributed by atoms with van der Waals surface area (Å²) in [6, 6.07) is 16.9. The number of halogens is 2. The highest BCUT2D eigenvalue weighted by molar-refractivity contribution is 7.12. The molecule has 0 radical (unpaired) electrons. The molecule has 2 aromatic carbocycles. The molecule has 126 valence electrons. The van der Waals surface area contributed by atoms with Gasteiger partial charge in [-0.1, -0.05) is 29.8 Å². The molecule has 0 saturated heterocycles. The number of H-pyrrole nitrogens is 1. The van der Waals surface area contributed by atoms with Gasteiger partial charge in [0, 0.05) is 5.56 Å². The van der Waals surface area contributed by atoms with Crippen molar-refractivity contribution in [3.63, 3.8) is 0 Å². The molecule has 4 aromatic rings. The maximum atomic E-state index is 12.2. The zero-order valence-electron chi connectivity index (χ0n) is 12.8. The van der Waals surface area contributed by atoms with Crippen LogP contribution >= 0.6 is 35.3 Å².